The van der Waals surface area contributed by atoms with Gasteiger partial charge in [-0.3, -0.25) is 0 Å². The molecular formula is C23H33FN6O. The Kier molecular flexibility index (Phi) is 8.20. The lowest BCUT2D eigenvalue weighted by atomic mass is 10.2. The van der Waals surface area contributed by atoms with E-state index >= 15 is 0 Å². The van der Waals surface area contributed by atoms with Gasteiger partial charge in [-0.15, -0.1) is 0 Å². The molecule has 3 rings (SSSR count). The predicted molar refractivity (Wildman–Crippen MR) is 122 cm³/mol. The van der Waals surface area contributed by atoms with Crippen molar-refractivity contribution in [1.82, 2.24) is 25.0 Å². The Hall–Kier alpha value is -2.71. The van der Waals surface area contributed by atoms with Crippen molar-refractivity contribution >= 4 is 11.8 Å². The van der Waals surface area contributed by atoms with E-state index in [1.165, 1.54) is 12.1 Å². The van der Waals surface area contributed by atoms with Gasteiger partial charge in [0.05, 0.1) is 0 Å². The molecule has 1 aromatic carbocycles. The van der Waals surface area contributed by atoms with E-state index in [1.807, 2.05) is 37.3 Å². The van der Waals surface area contributed by atoms with Crippen molar-refractivity contribution in [2.45, 2.75) is 13.1 Å². The van der Waals surface area contributed by atoms with E-state index in [4.69, 9.17) is 0 Å². The van der Waals surface area contributed by atoms with Crippen LogP contribution in [0, 0.1) is 5.82 Å². The van der Waals surface area contributed by atoms with Crippen LogP contribution in [0.15, 0.2) is 42.6 Å². The number of nitrogens with zero attached hydrogens (tertiary/aromatic N) is 5. The summed E-state index contributed by atoms with van der Waals surface area (Å²) in [5.41, 5.74) is 1.86. The van der Waals surface area contributed by atoms with Crippen molar-refractivity contribution in [2.75, 3.05) is 65.3 Å². The third kappa shape index (κ3) is 7.18. The van der Waals surface area contributed by atoms with Gasteiger partial charge in [0.2, 0.25) is 0 Å². The fourth-order valence-corrected chi connectivity index (χ4v) is 3.42. The zero-order chi connectivity index (χ0) is 22.2. The molecule has 2 aromatic rings. The monoisotopic (exact) mass is 428 g/mol. The van der Waals surface area contributed by atoms with Gasteiger partial charge < -0.3 is 24.9 Å². The average molecular weight is 429 g/mol. The van der Waals surface area contributed by atoms with Gasteiger partial charge in [-0.25, -0.2) is 14.2 Å². The average Bonchev–Trinajstić information content (AvgIpc) is 2.77. The Morgan fingerprint density at radius 3 is 2.32 bits per heavy atom. The molecule has 8 heteroatoms. The smallest absolute Gasteiger partial charge is 0.318 e. The van der Waals surface area contributed by atoms with E-state index in [0.717, 1.165) is 49.7 Å². The van der Waals surface area contributed by atoms with Crippen LogP contribution in [-0.4, -0.2) is 86.1 Å². The van der Waals surface area contributed by atoms with Crippen molar-refractivity contribution in [3.05, 3.63) is 59.5 Å². The Balaban J connectivity index is 1.55. The molecule has 1 aliphatic rings. The lowest BCUT2D eigenvalue weighted by molar-refractivity contribution is 0.188. The summed E-state index contributed by atoms with van der Waals surface area (Å²) < 4.78 is 13.2. The fourth-order valence-electron chi connectivity index (χ4n) is 3.42. The number of hydrogen-bond acceptors (Lipinski definition) is 5. The standard InChI is InChI=1S/C23H33FN6O/c1-27(2)10-13-30(18-19-4-7-21(24)8-5-19)23(31)26-17-20-6-9-22(25-16-20)29-14-11-28(3)12-15-29/h4-9,16H,10-15,17-18H2,1-3H3,(H,26,31). The van der Waals surface area contributed by atoms with Gasteiger partial charge in [0.1, 0.15) is 11.6 Å². The van der Waals surface area contributed by atoms with Gasteiger partial charge in [-0.2, -0.15) is 0 Å². The highest BCUT2D eigenvalue weighted by atomic mass is 19.1. The summed E-state index contributed by atoms with van der Waals surface area (Å²) in [7, 11) is 6.08. The summed E-state index contributed by atoms with van der Waals surface area (Å²) in [4.78, 5) is 25.8. The van der Waals surface area contributed by atoms with Crippen LogP contribution in [0.5, 0.6) is 0 Å². The van der Waals surface area contributed by atoms with Gasteiger partial charge in [-0.05, 0) is 50.5 Å². The molecule has 0 aliphatic carbocycles. The zero-order valence-electron chi connectivity index (χ0n) is 18.7. The first kappa shape index (κ1) is 23.0. The van der Waals surface area contributed by atoms with Crippen LogP contribution in [0.25, 0.3) is 0 Å². The number of amides is 2. The van der Waals surface area contributed by atoms with Gasteiger partial charge in [0, 0.05) is 58.6 Å². The number of aromatic nitrogens is 1. The van der Waals surface area contributed by atoms with Crippen LogP contribution in [0.2, 0.25) is 0 Å². The lowest BCUT2D eigenvalue weighted by Gasteiger charge is -2.33. The van der Waals surface area contributed by atoms with Gasteiger partial charge in [-0.1, -0.05) is 18.2 Å². The third-order valence-corrected chi connectivity index (χ3v) is 5.47. The molecule has 2 heterocycles. The van der Waals surface area contributed by atoms with E-state index in [2.05, 4.69) is 27.1 Å². The molecule has 0 radical (unpaired) electrons. The van der Waals surface area contributed by atoms with E-state index in [0.29, 0.717) is 19.6 Å². The number of piperazine rings is 1. The van der Waals surface area contributed by atoms with E-state index in [1.54, 1.807) is 17.0 Å². The van der Waals surface area contributed by atoms with Gasteiger partial charge in [0.15, 0.2) is 0 Å². The fraction of sp³-hybridized carbons (Fsp3) is 0.478. The largest absolute Gasteiger partial charge is 0.354 e. The number of carbonyl (C=O) groups excluding carboxylic acids is 1. The minimum absolute atomic E-state index is 0.144. The number of likely N-dealkylation sites (N-methyl/N-ethyl adjacent to an activating group) is 2. The summed E-state index contributed by atoms with van der Waals surface area (Å²) >= 11 is 0. The van der Waals surface area contributed by atoms with E-state index < -0.39 is 0 Å². The van der Waals surface area contributed by atoms with Crippen LogP contribution in [-0.2, 0) is 13.1 Å². The summed E-state index contributed by atoms with van der Waals surface area (Å²) in [5.74, 6) is 0.702. The second kappa shape index (κ2) is 11.1. The molecule has 0 unspecified atom stereocenters. The predicted octanol–water partition coefficient (Wildman–Crippen LogP) is 2.25. The second-order valence-electron chi connectivity index (χ2n) is 8.32. The van der Waals surface area contributed by atoms with Crippen molar-refractivity contribution in [2.24, 2.45) is 0 Å². The Morgan fingerprint density at radius 2 is 1.71 bits per heavy atom. The molecule has 168 valence electrons. The normalized spacial score (nSPS) is 14.7. The summed E-state index contributed by atoms with van der Waals surface area (Å²) in [6.45, 7) is 6.20. The third-order valence-electron chi connectivity index (χ3n) is 5.47. The number of nitrogens with one attached hydrogen (secondary N) is 1. The molecule has 0 atom stereocenters. The maximum atomic E-state index is 13.2. The lowest BCUT2D eigenvalue weighted by Crippen LogP contribution is -2.44. The topological polar surface area (TPSA) is 55.0 Å². The summed E-state index contributed by atoms with van der Waals surface area (Å²) in [6, 6.07) is 10.2. The molecule has 2 amide bonds. The first-order valence-corrected chi connectivity index (χ1v) is 10.7. The van der Waals surface area contributed by atoms with Crippen LogP contribution in [0.4, 0.5) is 15.0 Å². The first-order chi connectivity index (χ1) is 14.9. The zero-order valence-corrected chi connectivity index (χ0v) is 18.7. The van der Waals surface area contributed by atoms with Crippen molar-refractivity contribution in [1.29, 1.82) is 0 Å². The van der Waals surface area contributed by atoms with Crippen LogP contribution < -0.4 is 10.2 Å². The van der Waals surface area contributed by atoms with E-state index in [9.17, 15) is 9.18 Å². The number of urea groups is 1. The molecule has 31 heavy (non-hydrogen) atoms. The molecule has 0 spiro atoms. The number of carbonyl (C=O) groups is 1. The van der Waals surface area contributed by atoms with E-state index in [-0.39, 0.29) is 11.8 Å². The second-order valence-corrected chi connectivity index (χ2v) is 8.32. The molecule has 1 aromatic heterocycles. The molecule has 0 bridgehead atoms. The molecule has 1 N–H and O–H groups in total. The minimum Gasteiger partial charge on any atom is -0.354 e. The summed E-state index contributed by atoms with van der Waals surface area (Å²) in [5, 5.41) is 2.99. The molecule has 1 fully saturated rings. The highest BCUT2D eigenvalue weighted by molar-refractivity contribution is 5.74. The van der Waals surface area contributed by atoms with Crippen LogP contribution in [0.1, 0.15) is 11.1 Å². The number of hydrogen-bond donors (Lipinski definition) is 1. The molecule has 1 aliphatic heterocycles. The molecule has 0 saturated carbocycles. The Labute approximate surface area is 184 Å². The number of pyridine rings is 1. The van der Waals surface area contributed by atoms with Crippen LogP contribution >= 0.6 is 0 Å². The molecule has 7 nitrogen and oxygen atoms in total. The summed E-state index contributed by atoms with van der Waals surface area (Å²) in [6.07, 6.45) is 1.83. The highest BCUT2D eigenvalue weighted by Gasteiger charge is 2.16. The number of rotatable bonds is 8. The minimum atomic E-state index is -0.277. The van der Waals surface area contributed by atoms with Crippen molar-refractivity contribution in [3.8, 4) is 0 Å². The maximum Gasteiger partial charge on any atom is 0.318 e. The number of anilines is 1. The van der Waals surface area contributed by atoms with Gasteiger partial charge in [0.25, 0.3) is 0 Å². The first-order valence-electron chi connectivity index (χ1n) is 10.7. The van der Waals surface area contributed by atoms with Gasteiger partial charge >= 0.3 is 6.03 Å². The Bertz CT molecular complexity index is 819. The highest BCUT2D eigenvalue weighted by Crippen LogP contribution is 2.14. The molecule has 1 saturated heterocycles. The maximum absolute atomic E-state index is 13.2. The van der Waals surface area contributed by atoms with Crippen molar-refractivity contribution < 1.29 is 9.18 Å². The quantitative estimate of drug-likeness (QED) is 0.699. The number of halogens is 1. The Morgan fingerprint density at radius 1 is 1.03 bits per heavy atom. The SMILES string of the molecule is CN(C)CCN(Cc1ccc(F)cc1)C(=O)NCc1ccc(N2CCN(C)CC2)nc1. The van der Waals surface area contributed by atoms with Crippen LogP contribution in [0.3, 0.4) is 0 Å². The number of benzene rings is 1. The van der Waals surface area contributed by atoms with Crippen molar-refractivity contribution in [3.63, 3.8) is 0 Å². The molecular weight excluding hydrogens is 395 g/mol.